The third-order valence-electron chi connectivity index (χ3n) is 4.13. The Kier molecular flexibility index (Phi) is 5.27. The summed E-state index contributed by atoms with van der Waals surface area (Å²) in [7, 11) is 0. The summed E-state index contributed by atoms with van der Waals surface area (Å²) in [5.74, 6) is 0. The minimum atomic E-state index is -0.358. The first-order valence-electron chi connectivity index (χ1n) is 8.08. The molecule has 2 N–H and O–H groups in total. The van der Waals surface area contributed by atoms with Gasteiger partial charge in [0.25, 0.3) is 0 Å². The maximum absolute atomic E-state index is 12.1. The number of nitrogens with one attached hydrogen (secondary N) is 2. The van der Waals surface area contributed by atoms with Gasteiger partial charge in [-0.2, -0.15) is 0 Å². The lowest BCUT2D eigenvalue weighted by Crippen LogP contribution is -2.48. The second-order valence-electron chi connectivity index (χ2n) is 5.80. The van der Waals surface area contributed by atoms with Crippen LogP contribution < -0.4 is 10.6 Å². The van der Waals surface area contributed by atoms with Crippen molar-refractivity contribution in [2.24, 2.45) is 0 Å². The maximum atomic E-state index is 12.1. The second-order valence-corrected chi connectivity index (χ2v) is 5.80. The van der Waals surface area contributed by atoms with Crippen LogP contribution in [0, 0.1) is 0 Å². The monoisotopic (exact) mass is 310 g/mol. The first kappa shape index (κ1) is 15.6. The molecule has 0 aliphatic carbocycles. The molecule has 1 amide bonds. The largest absolute Gasteiger partial charge is 0.445 e. The highest BCUT2D eigenvalue weighted by molar-refractivity contribution is 5.67. The van der Waals surface area contributed by atoms with E-state index in [1.54, 1.807) is 0 Å². The van der Waals surface area contributed by atoms with E-state index in [4.69, 9.17) is 4.74 Å². The van der Waals surface area contributed by atoms with Crippen molar-refractivity contribution in [3.8, 4) is 0 Å². The summed E-state index contributed by atoms with van der Waals surface area (Å²) < 4.78 is 5.34. The molecule has 0 bridgehead atoms. The topological polar surface area (TPSA) is 50.4 Å². The van der Waals surface area contributed by atoms with E-state index in [2.05, 4.69) is 22.8 Å². The summed E-state index contributed by atoms with van der Waals surface area (Å²) in [6.07, 6.45) is 1.64. The van der Waals surface area contributed by atoms with E-state index in [-0.39, 0.29) is 18.2 Å². The van der Waals surface area contributed by atoms with E-state index < -0.39 is 0 Å². The normalized spacial score (nSPS) is 20.7. The van der Waals surface area contributed by atoms with Gasteiger partial charge in [-0.3, -0.25) is 0 Å². The van der Waals surface area contributed by atoms with Crippen LogP contribution in [-0.2, 0) is 11.3 Å². The molecule has 2 atom stereocenters. The number of carbonyl (C=O) groups is 1. The molecular formula is C19H22N2O2. The maximum Gasteiger partial charge on any atom is 0.407 e. The summed E-state index contributed by atoms with van der Waals surface area (Å²) in [6, 6.07) is 20.1. The fraction of sp³-hybridized carbons (Fsp3) is 0.316. The van der Waals surface area contributed by atoms with Crippen LogP contribution in [-0.4, -0.2) is 18.7 Å². The molecule has 0 saturated carbocycles. The number of piperidine rings is 1. The van der Waals surface area contributed by atoms with Crippen LogP contribution in [0.15, 0.2) is 60.7 Å². The summed E-state index contributed by atoms with van der Waals surface area (Å²) >= 11 is 0. The van der Waals surface area contributed by atoms with Gasteiger partial charge in [-0.05, 0) is 30.5 Å². The first-order valence-corrected chi connectivity index (χ1v) is 8.08. The smallest absolute Gasteiger partial charge is 0.407 e. The molecule has 1 heterocycles. The van der Waals surface area contributed by atoms with Crippen LogP contribution >= 0.6 is 0 Å². The van der Waals surface area contributed by atoms with Crippen molar-refractivity contribution in [1.82, 2.24) is 10.6 Å². The minimum Gasteiger partial charge on any atom is -0.445 e. The summed E-state index contributed by atoms with van der Waals surface area (Å²) in [5, 5.41) is 6.51. The molecule has 0 spiro atoms. The number of hydrogen-bond acceptors (Lipinski definition) is 3. The van der Waals surface area contributed by atoms with Crippen molar-refractivity contribution in [3.05, 3.63) is 71.8 Å². The average molecular weight is 310 g/mol. The Balaban J connectivity index is 1.57. The van der Waals surface area contributed by atoms with Crippen molar-refractivity contribution >= 4 is 6.09 Å². The second kappa shape index (κ2) is 7.79. The van der Waals surface area contributed by atoms with Crippen LogP contribution in [0.4, 0.5) is 4.79 Å². The van der Waals surface area contributed by atoms with Crippen LogP contribution in [0.3, 0.4) is 0 Å². The molecule has 0 unspecified atom stereocenters. The third-order valence-corrected chi connectivity index (χ3v) is 4.13. The molecule has 1 aliphatic heterocycles. The lowest BCUT2D eigenvalue weighted by Gasteiger charge is -2.33. The van der Waals surface area contributed by atoms with Gasteiger partial charge in [0, 0.05) is 0 Å². The zero-order chi connectivity index (χ0) is 15.9. The molecule has 1 fully saturated rings. The predicted molar refractivity (Wildman–Crippen MR) is 90.0 cm³/mol. The van der Waals surface area contributed by atoms with Gasteiger partial charge in [-0.25, -0.2) is 4.79 Å². The Bertz CT molecular complexity index is 616. The quantitative estimate of drug-likeness (QED) is 0.910. The third kappa shape index (κ3) is 4.33. The Morgan fingerprint density at radius 3 is 2.52 bits per heavy atom. The fourth-order valence-corrected chi connectivity index (χ4v) is 2.97. The van der Waals surface area contributed by atoms with Crippen molar-refractivity contribution in [2.75, 3.05) is 6.54 Å². The van der Waals surface area contributed by atoms with Gasteiger partial charge in [-0.1, -0.05) is 60.7 Å². The lowest BCUT2D eigenvalue weighted by atomic mass is 9.92. The van der Waals surface area contributed by atoms with E-state index in [1.165, 1.54) is 5.56 Å². The SMILES string of the molecule is O=C(N[C@@H]1CCCN[C@@H]1c1ccccc1)OCc1ccccc1. The summed E-state index contributed by atoms with van der Waals surface area (Å²) in [6.45, 7) is 1.26. The molecule has 1 aliphatic rings. The molecule has 0 aromatic heterocycles. The number of carbonyl (C=O) groups excluding carboxylic acids is 1. The highest BCUT2D eigenvalue weighted by atomic mass is 16.5. The van der Waals surface area contributed by atoms with Crippen molar-refractivity contribution in [2.45, 2.75) is 31.5 Å². The standard InChI is InChI=1S/C19H22N2O2/c22-19(23-14-15-8-3-1-4-9-15)21-17-12-7-13-20-18(17)16-10-5-2-6-11-16/h1-6,8-11,17-18,20H,7,12-14H2,(H,21,22)/t17-,18-/m1/s1. The molecule has 4 nitrogen and oxygen atoms in total. The number of hydrogen-bond donors (Lipinski definition) is 2. The van der Waals surface area contributed by atoms with E-state index in [0.29, 0.717) is 6.61 Å². The van der Waals surface area contributed by atoms with Gasteiger partial charge >= 0.3 is 6.09 Å². The number of ether oxygens (including phenoxy) is 1. The Hall–Kier alpha value is -2.33. The Morgan fingerprint density at radius 2 is 1.78 bits per heavy atom. The molecule has 23 heavy (non-hydrogen) atoms. The molecule has 2 aromatic rings. The van der Waals surface area contributed by atoms with Crippen LogP contribution in [0.5, 0.6) is 0 Å². The molecular weight excluding hydrogens is 288 g/mol. The van der Waals surface area contributed by atoms with Crippen LogP contribution in [0.25, 0.3) is 0 Å². The van der Waals surface area contributed by atoms with E-state index in [1.807, 2.05) is 48.5 Å². The number of amides is 1. The number of rotatable bonds is 4. The molecule has 1 saturated heterocycles. The molecule has 120 valence electrons. The van der Waals surface area contributed by atoms with Gasteiger partial charge in [0.15, 0.2) is 0 Å². The first-order chi connectivity index (χ1) is 11.3. The van der Waals surface area contributed by atoms with Crippen molar-refractivity contribution in [3.63, 3.8) is 0 Å². The van der Waals surface area contributed by atoms with Gasteiger partial charge in [0.1, 0.15) is 6.61 Å². The predicted octanol–water partition coefficient (Wildman–Crippen LogP) is 3.41. The Labute approximate surface area is 136 Å². The molecule has 4 heteroatoms. The highest BCUT2D eigenvalue weighted by Gasteiger charge is 2.27. The number of alkyl carbamates (subject to hydrolysis) is 1. The average Bonchev–Trinajstić information content (AvgIpc) is 2.62. The van der Waals surface area contributed by atoms with Gasteiger partial charge < -0.3 is 15.4 Å². The zero-order valence-electron chi connectivity index (χ0n) is 13.1. The van der Waals surface area contributed by atoms with E-state index >= 15 is 0 Å². The van der Waals surface area contributed by atoms with Gasteiger partial charge in [0.2, 0.25) is 0 Å². The molecule has 2 aromatic carbocycles. The molecule has 3 rings (SSSR count). The van der Waals surface area contributed by atoms with Crippen molar-refractivity contribution < 1.29 is 9.53 Å². The van der Waals surface area contributed by atoms with Crippen molar-refractivity contribution in [1.29, 1.82) is 0 Å². The Morgan fingerprint density at radius 1 is 1.09 bits per heavy atom. The minimum absolute atomic E-state index is 0.0504. The highest BCUT2D eigenvalue weighted by Crippen LogP contribution is 2.23. The van der Waals surface area contributed by atoms with Gasteiger partial charge in [-0.15, -0.1) is 0 Å². The van der Waals surface area contributed by atoms with E-state index in [0.717, 1.165) is 24.9 Å². The summed E-state index contributed by atoms with van der Waals surface area (Å²) in [4.78, 5) is 12.1. The van der Waals surface area contributed by atoms with Gasteiger partial charge in [0.05, 0.1) is 12.1 Å². The number of benzene rings is 2. The zero-order valence-corrected chi connectivity index (χ0v) is 13.1. The lowest BCUT2D eigenvalue weighted by molar-refractivity contribution is 0.130. The summed E-state index contributed by atoms with van der Waals surface area (Å²) in [5.41, 5.74) is 2.18. The fourth-order valence-electron chi connectivity index (χ4n) is 2.97. The van der Waals surface area contributed by atoms with E-state index in [9.17, 15) is 4.79 Å². The molecule has 0 radical (unpaired) electrons. The van der Waals surface area contributed by atoms with Crippen LogP contribution in [0.1, 0.15) is 30.0 Å². The van der Waals surface area contributed by atoms with Crippen LogP contribution in [0.2, 0.25) is 0 Å².